The van der Waals surface area contributed by atoms with Crippen molar-refractivity contribution in [3.8, 4) is 0 Å². The number of carbonyl (C=O) groups excluding carboxylic acids is 1. The molecule has 0 unspecified atom stereocenters. The lowest BCUT2D eigenvalue weighted by molar-refractivity contribution is -0.00294. The largest absolute Gasteiger partial charge is 0.376 e. The molecule has 1 saturated carbocycles. The Morgan fingerprint density at radius 3 is 2.95 bits per heavy atom. The summed E-state index contributed by atoms with van der Waals surface area (Å²) in [6.45, 7) is 3.14. The van der Waals surface area contributed by atoms with Crippen LogP contribution in [0, 0.1) is 11.7 Å². The van der Waals surface area contributed by atoms with Crippen LogP contribution in [0.3, 0.4) is 0 Å². The molecule has 1 aromatic carbocycles. The number of ether oxygens (including phenoxy) is 1. The van der Waals surface area contributed by atoms with Gasteiger partial charge in [-0.05, 0) is 52.9 Å². The fraction of sp³-hybridized carbons (Fsp3) is 0.562. The zero-order valence-electron chi connectivity index (χ0n) is 12.2. The van der Waals surface area contributed by atoms with Crippen molar-refractivity contribution in [3.05, 3.63) is 34.1 Å². The van der Waals surface area contributed by atoms with Crippen molar-refractivity contribution >= 4 is 21.8 Å². The maximum absolute atomic E-state index is 13.2. The van der Waals surface area contributed by atoms with Gasteiger partial charge in [0.05, 0.1) is 18.3 Å². The molecular weight excluding hydrogens is 337 g/mol. The van der Waals surface area contributed by atoms with Gasteiger partial charge in [-0.1, -0.05) is 19.8 Å². The van der Waals surface area contributed by atoms with Gasteiger partial charge in [0, 0.05) is 11.0 Å². The van der Waals surface area contributed by atoms with Gasteiger partial charge in [-0.25, -0.2) is 4.39 Å². The Bertz CT molecular complexity index is 495. The maximum atomic E-state index is 13.2. The molecule has 1 aliphatic rings. The van der Waals surface area contributed by atoms with E-state index in [1.165, 1.54) is 37.5 Å². The van der Waals surface area contributed by atoms with E-state index in [0.29, 0.717) is 35.2 Å². The molecule has 21 heavy (non-hydrogen) atoms. The van der Waals surface area contributed by atoms with Crippen molar-refractivity contribution in [2.24, 2.45) is 5.92 Å². The molecule has 0 aliphatic heterocycles. The first-order chi connectivity index (χ1) is 10.1. The van der Waals surface area contributed by atoms with Crippen molar-refractivity contribution in [1.82, 2.24) is 5.32 Å². The molecule has 3 nitrogen and oxygen atoms in total. The van der Waals surface area contributed by atoms with Gasteiger partial charge in [0.1, 0.15) is 5.82 Å². The number of rotatable bonds is 5. The van der Waals surface area contributed by atoms with Crippen LogP contribution >= 0.6 is 15.9 Å². The minimum absolute atomic E-state index is 0.290. The molecule has 0 radical (unpaired) electrons. The summed E-state index contributed by atoms with van der Waals surface area (Å²) in [4.78, 5) is 12.0. The van der Waals surface area contributed by atoms with Gasteiger partial charge >= 0.3 is 0 Å². The number of benzene rings is 1. The first kappa shape index (κ1) is 16.4. The fourth-order valence-electron chi connectivity index (χ4n) is 2.67. The van der Waals surface area contributed by atoms with E-state index in [0.717, 1.165) is 6.42 Å². The number of hydrogen-bond acceptors (Lipinski definition) is 2. The molecule has 0 saturated heterocycles. The Labute approximate surface area is 133 Å². The lowest BCUT2D eigenvalue weighted by Gasteiger charge is -2.28. The first-order valence-electron chi connectivity index (χ1n) is 7.43. The molecule has 0 spiro atoms. The monoisotopic (exact) mass is 357 g/mol. The number of hydrogen-bond donors (Lipinski definition) is 1. The summed E-state index contributed by atoms with van der Waals surface area (Å²) in [6, 6.07) is 4.07. The van der Waals surface area contributed by atoms with E-state index in [1.807, 2.05) is 0 Å². The van der Waals surface area contributed by atoms with Gasteiger partial charge in [0.15, 0.2) is 0 Å². The summed E-state index contributed by atoms with van der Waals surface area (Å²) in [6.07, 6.45) is 5.12. The van der Waals surface area contributed by atoms with E-state index in [9.17, 15) is 9.18 Å². The Morgan fingerprint density at radius 2 is 2.19 bits per heavy atom. The highest BCUT2D eigenvalue weighted by molar-refractivity contribution is 9.10. The van der Waals surface area contributed by atoms with Gasteiger partial charge in [-0.2, -0.15) is 0 Å². The van der Waals surface area contributed by atoms with Crippen LogP contribution in [0.15, 0.2) is 22.7 Å². The molecule has 1 amide bonds. The molecule has 1 aliphatic carbocycles. The molecule has 0 heterocycles. The molecule has 0 aromatic heterocycles. The van der Waals surface area contributed by atoms with Crippen LogP contribution in [0.1, 0.15) is 43.0 Å². The van der Waals surface area contributed by atoms with Crippen LogP contribution in [0.5, 0.6) is 0 Å². The Balaban J connectivity index is 1.75. The molecule has 2 rings (SSSR count). The summed E-state index contributed by atoms with van der Waals surface area (Å²) in [7, 11) is 0. The van der Waals surface area contributed by atoms with Crippen molar-refractivity contribution in [1.29, 1.82) is 0 Å². The molecule has 116 valence electrons. The predicted molar refractivity (Wildman–Crippen MR) is 83.8 cm³/mol. The second-order valence-corrected chi connectivity index (χ2v) is 6.41. The predicted octanol–water partition coefficient (Wildman–Crippen LogP) is 3.91. The maximum Gasteiger partial charge on any atom is 0.252 e. The van der Waals surface area contributed by atoms with Crippen molar-refractivity contribution < 1.29 is 13.9 Å². The standard InChI is InChI=1S/C16H21BrFNO2/c1-11-4-2-3-5-15(11)21-9-8-19-16(20)13-10-12(18)6-7-14(13)17/h6-7,10-11,15H,2-5,8-9H2,1H3,(H,19,20)/t11-,15+/m1/s1. The average Bonchev–Trinajstić information content (AvgIpc) is 2.47. The van der Waals surface area contributed by atoms with E-state index in [2.05, 4.69) is 28.2 Å². The summed E-state index contributed by atoms with van der Waals surface area (Å²) < 4.78 is 19.6. The number of amides is 1. The van der Waals surface area contributed by atoms with Gasteiger partial charge in [0.25, 0.3) is 5.91 Å². The van der Waals surface area contributed by atoms with Crippen LogP contribution < -0.4 is 5.32 Å². The summed E-state index contributed by atoms with van der Waals surface area (Å²) in [5, 5.41) is 2.76. The van der Waals surface area contributed by atoms with Crippen LogP contribution in [0.4, 0.5) is 4.39 Å². The number of carbonyl (C=O) groups is 1. The average molecular weight is 358 g/mol. The summed E-state index contributed by atoms with van der Waals surface area (Å²) >= 11 is 3.25. The third-order valence-electron chi connectivity index (χ3n) is 3.93. The molecule has 1 fully saturated rings. The molecule has 0 bridgehead atoms. The molecule has 1 aromatic rings. The van der Waals surface area contributed by atoms with Crippen molar-refractivity contribution in [3.63, 3.8) is 0 Å². The SMILES string of the molecule is C[C@@H]1CCCC[C@@H]1OCCNC(=O)c1cc(F)ccc1Br. The van der Waals surface area contributed by atoms with Gasteiger partial charge in [-0.15, -0.1) is 0 Å². The Kier molecular flexibility index (Phi) is 6.18. The van der Waals surface area contributed by atoms with Gasteiger partial charge in [0.2, 0.25) is 0 Å². The zero-order chi connectivity index (χ0) is 15.2. The van der Waals surface area contributed by atoms with E-state index in [4.69, 9.17) is 4.74 Å². The van der Waals surface area contributed by atoms with Crippen LogP contribution in [-0.2, 0) is 4.74 Å². The number of nitrogens with one attached hydrogen (secondary N) is 1. The minimum atomic E-state index is -0.421. The molecule has 2 atom stereocenters. The van der Waals surface area contributed by atoms with Gasteiger partial charge in [-0.3, -0.25) is 4.79 Å². The quantitative estimate of drug-likeness (QED) is 0.811. The third kappa shape index (κ3) is 4.78. The first-order valence-corrected chi connectivity index (χ1v) is 8.22. The van der Waals surface area contributed by atoms with E-state index >= 15 is 0 Å². The normalized spacial score (nSPS) is 22.0. The second kappa shape index (κ2) is 7.90. The molecular formula is C16H21BrFNO2. The summed E-state index contributed by atoms with van der Waals surface area (Å²) in [5.74, 6) is -0.121. The fourth-order valence-corrected chi connectivity index (χ4v) is 3.10. The van der Waals surface area contributed by atoms with Crippen molar-refractivity contribution in [2.45, 2.75) is 38.7 Å². The van der Waals surface area contributed by atoms with E-state index in [-0.39, 0.29) is 5.91 Å². The highest BCUT2D eigenvalue weighted by Gasteiger charge is 2.21. The lowest BCUT2D eigenvalue weighted by atomic mass is 9.88. The smallest absolute Gasteiger partial charge is 0.252 e. The number of halogens is 2. The second-order valence-electron chi connectivity index (χ2n) is 5.55. The zero-order valence-corrected chi connectivity index (χ0v) is 13.8. The summed E-state index contributed by atoms with van der Waals surface area (Å²) in [5.41, 5.74) is 0.307. The van der Waals surface area contributed by atoms with Crippen LogP contribution in [0.2, 0.25) is 0 Å². The molecule has 1 N–H and O–H groups in total. The Morgan fingerprint density at radius 1 is 1.43 bits per heavy atom. The van der Waals surface area contributed by atoms with Crippen LogP contribution in [0.25, 0.3) is 0 Å². The van der Waals surface area contributed by atoms with Gasteiger partial charge < -0.3 is 10.1 Å². The highest BCUT2D eigenvalue weighted by atomic mass is 79.9. The van der Waals surface area contributed by atoms with E-state index in [1.54, 1.807) is 0 Å². The topological polar surface area (TPSA) is 38.3 Å². The highest BCUT2D eigenvalue weighted by Crippen LogP contribution is 2.26. The van der Waals surface area contributed by atoms with Crippen molar-refractivity contribution in [2.75, 3.05) is 13.2 Å². The minimum Gasteiger partial charge on any atom is -0.376 e. The Hall–Kier alpha value is -0.940. The lowest BCUT2D eigenvalue weighted by Crippen LogP contribution is -2.32. The van der Waals surface area contributed by atoms with E-state index < -0.39 is 5.82 Å². The van der Waals surface area contributed by atoms with Crippen LogP contribution in [-0.4, -0.2) is 25.2 Å². The molecule has 5 heteroatoms. The third-order valence-corrected chi connectivity index (χ3v) is 4.62.